The molecule has 0 bridgehead atoms. The molecule has 356 valence electrons. The monoisotopic (exact) mass is 925 g/mol. The highest BCUT2D eigenvalue weighted by Crippen LogP contribution is 2.19. The Morgan fingerprint density at radius 2 is 1.05 bits per heavy atom. The van der Waals surface area contributed by atoms with Gasteiger partial charge in [-0.2, -0.15) is 0 Å². The molecule has 0 saturated carbocycles. The number of benzene rings is 2. The normalized spacial score (nSPS) is 14.1. The first-order valence-electron chi connectivity index (χ1n) is 20.1. The number of aromatic amines is 1. The fourth-order valence-corrected chi connectivity index (χ4v) is 6.31. The SMILES string of the molecule is C[C@H](NC(=O)[C@H](CCC(=O)O)NC(=O)[C@H](CCC(N)=O)NC(=O)[C@H](CC(=O)O)NC(=O)[C@H](Cc1ccc(O)cc1)NC(=O)[C@H](CC(=O)O)NC(=O)[C@@H](N)Cc1c[nH]c2ccccc12)C(=O)O. The van der Waals surface area contributed by atoms with Crippen LogP contribution in [-0.4, -0.2) is 138 Å². The molecule has 16 N–H and O–H groups in total. The van der Waals surface area contributed by atoms with Gasteiger partial charge < -0.3 is 73.9 Å². The van der Waals surface area contributed by atoms with Crippen molar-refractivity contribution in [3.05, 3.63) is 65.9 Å². The highest BCUT2D eigenvalue weighted by atomic mass is 16.4. The molecule has 7 atom stereocenters. The van der Waals surface area contributed by atoms with Crippen LogP contribution in [-0.2, 0) is 65.6 Å². The average molecular weight is 926 g/mol. The molecular weight excluding hydrogens is 874 g/mol. The van der Waals surface area contributed by atoms with Gasteiger partial charge in [0.1, 0.15) is 42.0 Å². The molecule has 3 aromatic rings. The molecule has 0 unspecified atom stereocenters. The number of nitrogens with one attached hydrogen (secondary N) is 7. The van der Waals surface area contributed by atoms with Crippen LogP contribution in [0.15, 0.2) is 54.7 Å². The van der Waals surface area contributed by atoms with Gasteiger partial charge in [0, 0.05) is 36.4 Å². The summed E-state index contributed by atoms with van der Waals surface area (Å²) in [6.45, 7) is 1.08. The summed E-state index contributed by atoms with van der Waals surface area (Å²) in [5.74, 6) is -14.4. The molecular formula is C41H51N9O16. The molecule has 0 saturated heterocycles. The first-order chi connectivity index (χ1) is 31.0. The summed E-state index contributed by atoms with van der Waals surface area (Å²) in [4.78, 5) is 142. The van der Waals surface area contributed by atoms with Gasteiger partial charge in [-0.05, 0) is 55.5 Å². The van der Waals surface area contributed by atoms with E-state index in [0.29, 0.717) is 5.56 Å². The van der Waals surface area contributed by atoms with Crippen LogP contribution < -0.4 is 43.4 Å². The Hall–Kier alpha value is -8.09. The number of aromatic hydroxyl groups is 1. The minimum Gasteiger partial charge on any atom is -0.508 e. The zero-order chi connectivity index (χ0) is 49.2. The summed E-state index contributed by atoms with van der Waals surface area (Å²) in [6, 6.07) is 0.344. The zero-order valence-electron chi connectivity index (χ0n) is 35.3. The second kappa shape index (κ2) is 24.7. The Labute approximate surface area is 374 Å². The number of phenols is 1. The van der Waals surface area contributed by atoms with Gasteiger partial charge in [0.2, 0.25) is 41.4 Å². The number of aliphatic carboxylic acids is 4. The van der Waals surface area contributed by atoms with Crippen LogP contribution in [0.5, 0.6) is 5.75 Å². The van der Waals surface area contributed by atoms with E-state index in [1.54, 1.807) is 30.5 Å². The van der Waals surface area contributed by atoms with Crippen molar-refractivity contribution in [1.29, 1.82) is 0 Å². The minimum atomic E-state index is -2.06. The van der Waals surface area contributed by atoms with Gasteiger partial charge in [-0.15, -0.1) is 0 Å². The van der Waals surface area contributed by atoms with Crippen molar-refractivity contribution in [2.75, 3.05) is 0 Å². The number of hydrogen-bond acceptors (Lipinski definition) is 13. The molecule has 0 spiro atoms. The van der Waals surface area contributed by atoms with E-state index in [4.69, 9.17) is 11.5 Å². The fraction of sp³-hybridized carbons (Fsp3) is 0.390. The second-order valence-electron chi connectivity index (χ2n) is 15.0. The molecule has 0 aliphatic heterocycles. The summed E-state index contributed by atoms with van der Waals surface area (Å²) in [5, 5.41) is 61.5. The third-order valence-electron chi connectivity index (χ3n) is 9.81. The maximum absolute atomic E-state index is 14.0. The van der Waals surface area contributed by atoms with Gasteiger partial charge >= 0.3 is 23.9 Å². The number of carboxylic acid groups (broad SMARTS) is 4. The van der Waals surface area contributed by atoms with Crippen molar-refractivity contribution in [2.45, 2.75) is 101 Å². The van der Waals surface area contributed by atoms with E-state index in [2.05, 4.69) is 36.9 Å². The second-order valence-corrected chi connectivity index (χ2v) is 15.0. The topological polar surface area (TPSA) is 429 Å². The fourth-order valence-electron chi connectivity index (χ4n) is 6.31. The van der Waals surface area contributed by atoms with E-state index in [-0.39, 0.29) is 17.7 Å². The Balaban J connectivity index is 1.89. The molecule has 66 heavy (non-hydrogen) atoms. The van der Waals surface area contributed by atoms with E-state index < -0.39 is 152 Å². The predicted molar refractivity (Wildman–Crippen MR) is 226 cm³/mol. The average Bonchev–Trinajstić information content (AvgIpc) is 3.65. The molecule has 0 fully saturated rings. The minimum absolute atomic E-state index is 0.0338. The number of carbonyl (C=O) groups excluding carboxylic acids is 7. The number of H-pyrrole nitrogens is 1. The number of primary amides is 1. The highest BCUT2D eigenvalue weighted by Gasteiger charge is 2.35. The standard InChI is InChI=1S/C41H51N9O16/c1-19(41(65)66)45-36(60)27(11-13-32(53)54)46-37(61)26(10-12-31(43)52)47-39(63)30(17-34(57)58)50-38(62)28(14-20-6-8-22(51)9-7-20)49-40(64)29(16-33(55)56)48-35(59)24(42)15-21-18-44-25-5-3-2-4-23(21)25/h2-9,18-19,24,26-30,44,51H,10-17,42H2,1H3,(H2,43,52)(H,45,60)(H,46,61)(H,47,63)(H,48,59)(H,49,64)(H,50,62)(H,53,54)(H,55,56)(H,57,58)(H,65,66)/t19-,24-,26-,27-,28-,29-,30-/m0/s1. The van der Waals surface area contributed by atoms with Crippen LogP contribution in [0.3, 0.4) is 0 Å². The molecule has 1 heterocycles. The maximum Gasteiger partial charge on any atom is 0.325 e. The van der Waals surface area contributed by atoms with Crippen LogP contribution in [0.25, 0.3) is 10.9 Å². The van der Waals surface area contributed by atoms with E-state index in [1.165, 1.54) is 24.3 Å². The molecule has 0 aliphatic rings. The number of carbonyl (C=O) groups is 11. The highest BCUT2D eigenvalue weighted by molar-refractivity contribution is 5.99. The molecule has 25 heteroatoms. The lowest BCUT2D eigenvalue weighted by molar-refractivity contribution is -0.142. The van der Waals surface area contributed by atoms with Crippen LogP contribution in [0, 0.1) is 0 Å². The first kappa shape index (κ1) is 52.3. The van der Waals surface area contributed by atoms with Crippen molar-refractivity contribution in [2.24, 2.45) is 11.5 Å². The van der Waals surface area contributed by atoms with Crippen molar-refractivity contribution in [1.82, 2.24) is 36.9 Å². The summed E-state index contributed by atoms with van der Waals surface area (Å²) in [5.41, 5.74) is 13.1. The van der Waals surface area contributed by atoms with Crippen molar-refractivity contribution >= 4 is 76.1 Å². The number of aromatic nitrogens is 1. The van der Waals surface area contributed by atoms with Crippen LogP contribution in [0.1, 0.15) is 56.6 Å². The third-order valence-corrected chi connectivity index (χ3v) is 9.81. The van der Waals surface area contributed by atoms with E-state index in [0.717, 1.165) is 17.8 Å². The molecule has 1 aromatic heterocycles. The lowest BCUT2D eigenvalue weighted by Gasteiger charge is -2.27. The van der Waals surface area contributed by atoms with Crippen LogP contribution in [0.2, 0.25) is 0 Å². The first-order valence-corrected chi connectivity index (χ1v) is 20.1. The number of rotatable bonds is 27. The predicted octanol–water partition coefficient (Wildman–Crippen LogP) is -2.92. The van der Waals surface area contributed by atoms with Crippen molar-refractivity contribution in [3.8, 4) is 5.75 Å². The molecule has 25 nitrogen and oxygen atoms in total. The summed E-state index contributed by atoms with van der Waals surface area (Å²) < 4.78 is 0. The number of fused-ring (bicyclic) bond motifs is 1. The van der Waals surface area contributed by atoms with Gasteiger partial charge in [0.25, 0.3) is 0 Å². The largest absolute Gasteiger partial charge is 0.508 e. The molecule has 7 amide bonds. The summed E-state index contributed by atoms with van der Waals surface area (Å²) in [7, 11) is 0. The Bertz CT molecular complexity index is 2300. The van der Waals surface area contributed by atoms with E-state index in [1.807, 2.05) is 0 Å². The van der Waals surface area contributed by atoms with Crippen LogP contribution >= 0.6 is 0 Å². The molecule has 0 aliphatic carbocycles. The van der Waals surface area contributed by atoms with Gasteiger partial charge in [-0.3, -0.25) is 52.7 Å². The van der Waals surface area contributed by atoms with Crippen molar-refractivity contribution < 1.29 is 78.3 Å². The smallest absolute Gasteiger partial charge is 0.325 e. The van der Waals surface area contributed by atoms with E-state index >= 15 is 0 Å². The Kier molecular flexibility index (Phi) is 19.5. The molecule has 3 rings (SSSR count). The number of hydrogen-bond donors (Lipinski definition) is 14. The number of nitrogens with two attached hydrogens (primary N) is 2. The molecule has 0 radical (unpaired) electrons. The quantitative estimate of drug-likeness (QED) is 0.0364. The number of amides is 7. The van der Waals surface area contributed by atoms with Crippen LogP contribution in [0.4, 0.5) is 0 Å². The summed E-state index contributed by atoms with van der Waals surface area (Å²) in [6.07, 6.45) is -3.43. The van der Waals surface area contributed by atoms with Gasteiger partial charge in [-0.25, -0.2) is 0 Å². The Morgan fingerprint density at radius 3 is 1.58 bits per heavy atom. The van der Waals surface area contributed by atoms with Gasteiger partial charge in [0.15, 0.2) is 0 Å². The lowest BCUT2D eigenvalue weighted by atomic mass is 10.0. The van der Waals surface area contributed by atoms with Gasteiger partial charge in [-0.1, -0.05) is 30.3 Å². The lowest BCUT2D eigenvalue weighted by Crippen LogP contribution is -2.60. The number of para-hydroxylation sites is 1. The number of carboxylic acids is 4. The van der Waals surface area contributed by atoms with Gasteiger partial charge in [0.05, 0.1) is 18.9 Å². The van der Waals surface area contributed by atoms with E-state index in [9.17, 15) is 78.3 Å². The third kappa shape index (κ3) is 16.9. The molecule has 2 aromatic carbocycles. The van der Waals surface area contributed by atoms with Crippen molar-refractivity contribution in [3.63, 3.8) is 0 Å². The Morgan fingerprint density at radius 1 is 0.576 bits per heavy atom. The maximum atomic E-state index is 14.0. The number of phenolic OH excluding ortho intramolecular Hbond substituents is 1. The zero-order valence-corrected chi connectivity index (χ0v) is 35.3. The summed E-state index contributed by atoms with van der Waals surface area (Å²) >= 11 is 0.